The average molecular weight is 503 g/mol. The molecule has 0 saturated carbocycles. The van der Waals surface area contributed by atoms with Gasteiger partial charge >= 0.3 is 5.97 Å². The Labute approximate surface area is 204 Å². The zero-order valence-electron chi connectivity index (χ0n) is 19.8. The van der Waals surface area contributed by atoms with Gasteiger partial charge in [-0.25, -0.2) is 22.6 Å². The van der Waals surface area contributed by atoms with Crippen LogP contribution in [-0.4, -0.2) is 45.0 Å². The van der Waals surface area contributed by atoms with Crippen LogP contribution in [0.5, 0.6) is 0 Å². The maximum absolute atomic E-state index is 13.7. The first-order valence-corrected chi connectivity index (χ1v) is 12.8. The Morgan fingerprint density at radius 1 is 1.26 bits per heavy atom. The van der Waals surface area contributed by atoms with Gasteiger partial charge in [0, 0.05) is 19.0 Å². The summed E-state index contributed by atoms with van der Waals surface area (Å²) < 4.78 is 45.7. The highest BCUT2D eigenvalue weighted by atomic mass is 32.2. The predicted octanol–water partition coefficient (Wildman–Crippen LogP) is 2.75. The van der Waals surface area contributed by atoms with Gasteiger partial charge in [0.05, 0.1) is 29.2 Å². The number of hydrogen-bond acceptors (Lipinski definition) is 8. The number of pyridine rings is 1. The highest BCUT2D eigenvalue weighted by Gasteiger charge is 2.30. The Morgan fingerprint density at radius 3 is 2.54 bits per heavy atom. The fraction of sp³-hybridized carbons (Fsp3) is 0.417. The summed E-state index contributed by atoms with van der Waals surface area (Å²) in [5, 5.41) is 9.57. The third kappa shape index (κ3) is 6.33. The van der Waals surface area contributed by atoms with Gasteiger partial charge in [0.15, 0.2) is 0 Å². The molecular weight excluding hydrogens is 475 g/mol. The lowest BCUT2D eigenvalue weighted by molar-refractivity contribution is -0.123. The molecule has 0 radical (unpaired) electrons. The van der Waals surface area contributed by atoms with Gasteiger partial charge in [0.1, 0.15) is 17.7 Å². The van der Waals surface area contributed by atoms with Crippen LogP contribution in [-0.2, 0) is 25.3 Å². The lowest BCUT2D eigenvalue weighted by Gasteiger charge is -2.32. The van der Waals surface area contributed by atoms with E-state index in [4.69, 9.17) is 4.74 Å². The number of nitrogens with one attached hydrogen (secondary N) is 1. The number of carbonyl (C=O) groups is 2. The van der Waals surface area contributed by atoms with E-state index in [0.717, 1.165) is 6.07 Å². The molecule has 0 aliphatic carbocycles. The zero-order chi connectivity index (χ0) is 25.8. The van der Waals surface area contributed by atoms with Gasteiger partial charge in [0.25, 0.3) is 0 Å². The monoisotopic (exact) mass is 502 g/mol. The Hall–Kier alpha value is -3.52. The van der Waals surface area contributed by atoms with E-state index >= 15 is 0 Å². The number of nitriles is 1. The van der Waals surface area contributed by atoms with Crippen molar-refractivity contribution >= 4 is 27.7 Å². The SMILES string of the molecule is CCOC(=O)c1cc(C#N)c(N2CCC(C(=O)NS(=O)(=O)Cc3ccc(C)c(F)c3)CC2)nc1C. The van der Waals surface area contributed by atoms with Crippen LogP contribution in [0.25, 0.3) is 0 Å². The van der Waals surface area contributed by atoms with Crippen molar-refractivity contribution in [1.82, 2.24) is 9.71 Å². The second-order valence-corrected chi connectivity index (χ2v) is 10.1. The molecule has 1 amide bonds. The molecule has 1 aromatic heterocycles. The number of esters is 1. The molecule has 0 spiro atoms. The lowest BCUT2D eigenvalue weighted by Crippen LogP contribution is -2.43. The first kappa shape index (κ1) is 26.1. The molecule has 0 unspecified atom stereocenters. The van der Waals surface area contributed by atoms with Crippen molar-refractivity contribution in [1.29, 1.82) is 5.26 Å². The maximum atomic E-state index is 13.7. The summed E-state index contributed by atoms with van der Waals surface area (Å²) in [6.45, 7) is 5.88. The molecule has 3 rings (SSSR count). The van der Waals surface area contributed by atoms with E-state index in [-0.39, 0.29) is 23.3 Å². The second-order valence-electron chi connectivity index (χ2n) is 8.40. The number of carbonyl (C=O) groups excluding carboxylic acids is 2. The van der Waals surface area contributed by atoms with E-state index < -0.39 is 39.4 Å². The lowest BCUT2D eigenvalue weighted by atomic mass is 9.96. The summed E-state index contributed by atoms with van der Waals surface area (Å²) in [4.78, 5) is 31.0. The van der Waals surface area contributed by atoms with Crippen LogP contribution in [0.3, 0.4) is 0 Å². The number of rotatable bonds is 7. The molecule has 1 aliphatic heterocycles. The summed E-state index contributed by atoms with van der Waals surface area (Å²) in [6.07, 6.45) is 0.706. The summed E-state index contributed by atoms with van der Waals surface area (Å²) in [5.41, 5.74) is 1.52. The number of piperidine rings is 1. The van der Waals surface area contributed by atoms with Crippen molar-refractivity contribution in [2.24, 2.45) is 5.92 Å². The van der Waals surface area contributed by atoms with E-state index in [9.17, 15) is 27.7 Å². The number of anilines is 1. The molecule has 2 heterocycles. The highest BCUT2D eigenvalue weighted by molar-refractivity contribution is 7.89. The zero-order valence-corrected chi connectivity index (χ0v) is 20.6. The number of sulfonamides is 1. The molecule has 35 heavy (non-hydrogen) atoms. The molecular formula is C24H27FN4O5S. The quantitative estimate of drug-likeness (QED) is 0.572. The molecule has 1 aliphatic rings. The molecule has 1 fully saturated rings. The highest BCUT2D eigenvalue weighted by Crippen LogP contribution is 2.27. The van der Waals surface area contributed by atoms with Crippen molar-refractivity contribution in [3.05, 3.63) is 58.0 Å². The summed E-state index contributed by atoms with van der Waals surface area (Å²) in [6, 6.07) is 7.65. The van der Waals surface area contributed by atoms with Crippen LogP contribution >= 0.6 is 0 Å². The minimum atomic E-state index is -3.99. The molecule has 1 N–H and O–H groups in total. The second kappa shape index (κ2) is 10.8. The van der Waals surface area contributed by atoms with Gasteiger partial charge in [0.2, 0.25) is 15.9 Å². The number of aromatic nitrogens is 1. The minimum absolute atomic E-state index is 0.203. The van der Waals surface area contributed by atoms with Crippen molar-refractivity contribution in [2.45, 2.75) is 39.4 Å². The average Bonchev–Trinajstić information content (AvgIpc) is 2.81. The van der Waals surface area contributed by atoms with E-state index in [2.05, 4.69) is 15.8 Å². The van der Waals surface area contributed by atoms with Crippen LogP contribution in [0.15, 0.2) is 24.3 Å². The van der Waals surface area contributed by atoms with Crippen molar-refractivity contribution in [2.75, 3.05) is 24.6 Å². The summed E-state index contributed by atoms with van der Waals surface area (Å²) >= 11 is 0. The van der Waals surface area contributed by atoms with Gasteiger partial charge in [-0.1, -0.05) is 12.1 Å². The Morgan fingerprint density at radius 2 is 1.94 bits per heavy atom. The topological polar surface area (TPSA) is 129 Å². The molecule has 1 saturated heterocycles. The fourth-order valence-corrected chi connectivity index (χ4v) is 5.07. The van der Waals surface area contributed by atoms with Gasteiger partial charge in [-0.05, 0) is 56.9 Å². The molecule has 2 aromatic rings. The van der Waals surface area contributed by atoms with E-state index in [1.165, 1.54) is 18.2 Å². The number of aryl methyl sites for hydroxylation is 2. The van der Waals surface area contributed by atoms with Gasteiger partial charge in [-0.15, -0.1) is 0 Å². The summed E-state index contributed by atoms with van der Waals surface area (Å²) in [7, 11) is -3.99. The standard InChI is InChI=1S/C24H27FN4O5S/c1-4-34-24(31)20-12-19(13-26)22(27-16(20)3)29-9-7-18(8-10-29)23(30)28-35(32,33)14-17-6-5-15(2)21(25)11-17/h5-6,11-12,18H,4,7-10,14H2,1-3H3,(H,28,30). The first-order chi connectivity index (χ1) is 16.5. The molecule has 11 heteroatoms. The summed E-state index contributed by atoms with van der Waals surface area (Å²) in [5.74, 6) is -2.31. The normalized spacial score (nSPS) is 14.3. The minimum Gasteiger partial charge on any atom is -0.462 e. The van der Waals surface area contributed by atoms with E-state index in [1.807, 2.05) is 4.90 Å². The number of halogens is 1. The predicted molar refractivity (Wildman–Crippen MR) is 126 cm³/mol. The molecule has 1 aromatic carbocycles. The number of hydrogen-bond donors (Lipinski definition) is 1. The van der Waals surface area contributed by atoms with Crippen LogP contribution in [0, 0.1) is 36.9 Å². The largest absolute Gasteiger partial charge is 0.462 e. The third-order valence-electron chi connectivity index (χ3n) is 5.82. The van der Waals surface area contributed by atoms with Crippen molar-refractivity contribution in [3.8, 4) is 6.07 Å². The number of nitrogens with zero attached hydrogens (tertiary/aromatic N) is 3. The number of benzene rings is 1. The molecule has 186 valence electrons. The molecule has 0 atom stereocenters. The van der Waals surface area contributed by atoms with Crippen molar-refractivity contribution in [3.63, 3.8) is 0 Å². The Bertz CT molecular complexity index is 1280. The Balaban J connectivity index is 1.64. The Kier molecular flexibility index (Phi) is 8.07. The van der Waals surface area contributed by atoms with Gasteiger partial charge in [-0.2, -0.15) is 5.26 Å². The first-order valence-electron chi connectivity index (χ1n) is 11.2. The third-order valence-corrected chi connectivity index (χ3v) is 7.05. The van der Waals surface area contributed by atoms with Crippen LogP contribution in [0.1, 0.15) is 52.5 Å². The van der Waals surface area contributed by atoms with Crippen LogP contribution in [0.2, 0.25) is 0 Å². The van der Waals surface area contributed by atoms with E-state index in [1.54, 1.807) is 20.8 Å². The van der Waals surface area contributed by atoms with Crippen LogP contribution in [0.4, 0.5) is 10.2 Å². The smallest absolute Gasteiger partial charge is 0.340 e. The molecule has 0 bridgehead atoms. The maximum Gasteiger partial charge on any atom is 0.340 e. The van der Waals surface area contributed by atoms with Gasteiger partial charge in [-0.3, -0.25) is 9.52 Å². The van der Waals surface area contributed by atoms with Crippen LogP contribution < -0.4 is 9.62 Å². The van der Waals surface area contributed by atoms with E-state index in [0.29, 0.717) is 43.0 Å². The molecule has 9 nitrogen and oxygen atoms in total. The fourth-order valence-electron chi connectivity index (χ4n) is 3.90. The number of ether oxygens (including phenoxy) is 1. The number of amides is 1. The van der Waals surface area contributed by atoms with Crippen molar-refractivity contribution < 1.29 is 27.1 Å². The van der Waals surface area contributed by atoms with Gasteiger partial charge < -0.3 is 9.64 Å².